The smallest absolute Gasteiger partial charge is 0.142 e. The fourth-order valence-corrected chi connectivity index (χ4v) is 3.56. The van der Waals surface area contributed by atoms with Gasteiger partial charge in [0.1, 0.15) is 17.9 Å². The van der Waals surface area contributed by atoms with E-state index in [1.54, 1.807) is 12.0 Å². The first kappa shape index (κ1) is 17.3. The van der Waals surface area contributed by atoms with Crippen molar-refractivity contribution >= 4 is 21.8 Å². The second-order valence-electron chi connectivity index (χ2n) is 6.72. The highest BCUT2D eigenvalue weighted by molar-refractivity contribution is 6.09. The molecule has 142 valence electrons. The molecule has 0 aliphatic rings. The van der Waals surface area contributed by atoms with Gasteiger partial charge in [0.25, 0.3) is 0 Å². The molecule has 5 aromatic rings. The predicted octanol–water partition coefficient (Wildman–Crippen LogP) is 4.89. The van der Waals surface area contributed by atoms with Crippen LogP contribution in [-0.2, 0) is 6.61 Å². The van der Waals surface area contributed by atoms with Crippen LogP contribution in [0.15, 0.2) is 85.1 Å². The van der Waals surface area contributed by atoms with E-state index in [2.05, 4.69) is 5.10 Å². The molecule has 0 radical (unpaired) electrons. The first-order chi connectivity index (χ1) is 14.3. The molecule has 29 heavy (non-hydrogen) atoms. The number of pyridine rings is 1. The fourth-order valence-electron chi connectivity index (χ4n) is 3.56. The molecule has 0 saturated heterocycles. The molecule has 0 bridgehead atoms. The topological polar surface area (TPSA) is 49.2 Å². The summed E-state index contributed by atoms with van der Waals surface area (Å²) in [7, 11) is 1.67. The maximum atomic E-state index is 6.05. The highest BCUT2D eigenvalue weighted by Gasteiger charge is 2.18. The molecule has 0 atom stereocenters. The molecular weight excluding hydrogens is 362 g/mol. The monoisotopic (exact) mass is 381 g/mol. The zero-order chi connectivity index (χ0) is 19.6. The van der Waals surface area contributed by atoms with Crippen molar-refractivity contribution in [1.82, 2.24) is 14.9 Å². The molecule has 5 heteroatoms. The van der Waals surface area contributed by atoms with Gasteiger partial charge in [0, 0.05) is 10.9 Å². The summed E-state index contributed by atoms with van der Waals surface area (Å²) in [6.07, 6.45) is 1.81. The average molecular weight is 381 g/mol. The van der Waals surface area contributed by atoms with E-state index in [1.165, 1.54) is 0 Å². The number of fused-ring (bicyclic) bond motifs is 3. The van der Waals surface area contributed by atoms with Crippen LogP contribution in [0.25, 0.3) is 33.1 Å². The van der Waals surface area contributed by atoms with Crippen LogP contribution in [-0.4, -0.2) is 22.0 Å². The fraction of sp³-hybridized carbons (Fsp3) is 0.0833. The molecule has 0 aliphatic heterocycles. The van der Waals surface area contributed by atoms with Crippen LogP contribution >= 0.6 is 0 Å². The molecule has 2 aromatic heterocycles. The minimum absolute atomic E-state index is 0.429. The number of hydrogen-bond acceptors (Lipinski definition) is 4. The molecular formula is C24H19N3O2. The average Bonchev–Trinajstić information content (AvgIpc) is 3.22. The van der Waals surface area contributed by atoms with Gasteiger partial charge in [-0.25, -0.2) is 4.98 Å². The molecule has 0 fully saturated rings. The Balaban J connectivity index is 1.70. The largest absolute Gasteiger partial charge is 0.496 e. The summed E-state index contributed by atoms with van der Waals surface area (Å²) in [5, 5.41) is 6.43. The van der Waals surface area contributed by atoms with Crippen molar-refractivity contribution in [1.29, 1.82) is 0 Å². The van der Waals surface area contributed by atoms with Gasteiger partial charge in [-0.05, 0) is 23.8 Å². The second-order valence-corrected chi connectivity index (χ2v) is 6.72. The zero-order valence-corrected chi connectivity index (χ0v) is 15.9. The normalized spacial score (nSPS) is 11.1. The third-order valence-corrected chi connectivity index (χ3v) is 4.94. The highest BCUT2D eigenvalue weighted by Crippen LogP contribution is 2.36. The van der Waals surface area contributed by atoms with Crippen molar-refractivity contribution < 1.29 is 9.57 Å². The van der Waals surface area contributed by atoms with Gasteiger partial charge in [-0.15, -0.1) is 5.10 Å². The van der Waals surface area contributed by atoms with Gasteiger partial charge in [0.05, 0.1) is 29.9 Å². The van der Waals surface area contributed by atoms with E-state index < -0.39 is 0 Å². The molecule has 0 spiro atoms. The Morgan fingerprint density at radius 1 is 0.828 bits per heavy atom. The van der Waals surface area contributed by atoms with Crippen LogP contribution in [0.3, 0.4) is 0 Å². The van der Waals surface area contributed by atoms with Gasteiger partial charge in [-0.1, -0.05) is 65.5 Å². The number of nitrogens with zero attached hydrogens (tertiary/aromatic N) is 3. The molecule has 5 nitrogen and oxygen atoms in total. The Hall–Kier alpha value is -3.86. The standard InChI is InChI=1S/C24H19N3O2/c1-28-22-14-8-6-12-19(22)23-20-15-25-27(29-16-17-9-3-2-4-10-17)24(20)18-11-5-7-13-21(18)26-23/h2-15H,16H2,1H3. The number of para-hydroxylation sites is 2. The molecule has 2 heterocycles. The summed E-state index contributed by atoms with van der Waals surface area (Å²) < 4.78 is 5.57. The Morgan fingerprint density at radius 2 is 1.59 bits per heavy atom. The summed E-state index contributed by atoms with van der Waals surface area (Å²) in [6.45, 7) is 0.429. The van der Waals surface area contributed by atoms with Crippen LogP contribution in [0, 0.1) is 0 Å². The molecule has 0 unspecified atom stereocenters. The number of ether oxygens (including phenoxy) is 1. The van der Waals surface area contributed by atoms with E-state index in [1.807, 2.05) is 85.1 Å². The van der Waals surface area contributed by atoms with Gasteiger partial charge in [-0.3, -0.25) is 0 Å². The van der Waals surface area contributed by atoms with Crippen molar-refractivity contribution in [3.8, 4) is 17.0 Å². The predicted molar refractivity (Wildman–Crippen MR) is 114 cm³/mol. The molecule has 3 aromatic carbocycles. The number of aromatic nitrogens is 3. The summed E-state index contributed by atoms with van der Waals surface area (Å²) in [6, 6.07) is 26.0. The summed E-state index contributed by atoms with van der Waals surface area (Å²) in [5.41, 5.74) is 4.61. The van der Waals surface area contributed by atoms with Crippen molar-refractivity contribution in [2.75, 3.05) is 7.11 Å². The van der Waals surface area contributed by atoms with Gasteiger partial charge >= 0.3 is 0 Å². The van der Waals surface area contributed by atoms with E-state index in [-0.39, 0.29) is 0 Å². The molecule has 0 amide bonds. The van der Waals surface area contributed by atoms with E-state index in [4.69, 9.17) is 14.6 Å². The van der Waals surface area contributed by atoms with Crippen molar-refractivity contribution in [3.05, 3.63) is 90.6 Å². The first-order valence-corrected chi connectivity index (χ1v) is 9.42. The number of hydrogen-bond donors (Lipinski definition) is 0. The van der Waals surface area contributed by atoms with Gasteiger partial charge in [0.2, 0.25) is 0 Å². The van der Waals surface area contributed by atoms with E-state index in [0.29, 0.717) is 6.61 Å². The Morgan fingerprint density at radius 3 is 2.45 bits per heavy atom. The molecule has 0 saturated carbocycles. The lowest BCUT2D eigenvalue weighted by Gasteiger charge is -2.12. The third kappa shape index (κ3) is 3.06. The van der Waals surface area contributed by atoms with Crippen molar-refractivity contribution in [2.45, 2.75) is 6.61 Å². The summed E-state index contributed by atoms with van der Waals surface area (Å²) in [5.74, 6) is 0.773. The van der Waals surface area contributed by atoms with Gasteiger partial charge in [-0.2, -0.15) is 0 Å². The van der Waals surface area contributed by atoms with Crippen molar-refractivity contribution in [2.24, 2.45) is 0 Å². The van der Waals surface area contributed by atoms with Crippen LogP contribution in [0.1, 0.15) is 5.56 Å². The van der Waals surface area contributed by atoms with Crippen LogP contribution in [0.5, 0.6) is 5.75 Å². The van der Waals surface area contributed by atoms with Gasteiger partial charge in [0.15, 0.2) is 0 Å². The lowest BCUT2D eigenvalue weighted by Crippen LogP contribution is -2.12. The Bertz CT molecular complexity index is 1300. The highest BCUT2D eigenvalue weighted by atomic mass is 16.7. The molecule has 5 rings (SSSR count). The molecule has 0 aliphatic carbocycles. The maximum Gasteiger partial charge on any atom is 0.142 e. The lowest BCUT2D eigenvalue weighted by atomic mass is 10.0. The van der Waals surface area contributed by atoms with Crippen molar-refractivity contribution in [3.63, 3.8) is 0 Å². The minimum atomic E-state index is 0.429. The first-order valence-electron chi connectivity index (χ1n) is 9.42. The number of rotatable bonds is 5. The Labute approximate surface area is 168 Å². The van der Waals surface area contributed by atoms with Gasteiger partial charge < -0.3 is 9.57 Å². The summed E-state index contributed by atoms with van der Waals surface area (Å²) >= 11 is 0. The van der Waals surface area contributed by atoms with E-state index >= 15 is 0 Å². The van der Waals surface area contributed by atoms with E-state index in [0.717, 1.165) is 44.4 Å². The van der Waals surface area contributed by atoms with E-state index in [9.17, 15) is 0 Å². The Kier molecular flexibility index (Phi) is 4.33. The summed E-state index contributed by atoms with van der Waals surface area (Å²) in [4.78, 5) is 12.6. The second kappa shape index (κ2) is 7.28. The van der Waals surface area contributed by atoms with Crippen LogP contribution < -0.4 is 9.57 Å². The zero-order valence-electron chi connectivity index (χ0n) is 15.9. The minimum Gasteiger partial charge on any atom is -0.496 e. The maximum absolute atomic E-state index is 6.05. The van der Waals surface area contributed by atoms with Crippen LogP contribution in [0.4, 0.5) is 0 Å². The number of benzene rings is 3. The third-order valence-electron chi connectivity index (χ3n) is 4.94. The SMILES string of the molecule is COc1ccccc1-c1nc2ccccc2c2c1cnn2OCc1ccccc1. The molecule has 0 N–H and O–H groups in total. The lowest BCUT2D eigenvalue weighted by molar-refractivity contribution is 0.0799. The van der Waals surface area contributed by atoms with Crippen LogP contribution in [0.2, 0.25) is 0 Å². The number of methoxy groups -OCH3 is 1. The quantitative estimate of drug-likeness (QED) is 0.435.